The molecule has 2 aliphatic rings. The average molecular weight is 362 g/mol. The maximum atomic E-state index is 12.7. The van der Waals surface area contributed by atoms with E-state index in [9.17, 15) is 9.59 Å². The van der Waals surface area contributed by atoms with Crippen LogP contribution in [0.15, 0.2) is 10.6 Å². The molecular formula is C19H30N4O3. The molecule has 1 aromatic rings. The molecule has 2 saturated heterocycles. The number of piperidine rings is 1. The summed E-state index contributed by atoms with van der Waals surface area (Å²) in [6.45, 7) is 6.15. The molecule has 1 aromatic heterocycles. The average Bonchev–Trinajstić information content (AvgIpc) is 2.88. The third-order valence-corrected chi connectivity index (χ3v) is 5.41. The molecule has 7 heteroatoms. The van der Waals surface area contributed by atoms with Crippen LogP contribution in [0.1, 0.15) is 50.7 Å². The highest BCUT2D eigenvalue weighted by Gasteiger charge is 2.28. The van der Waals surface area contributed by atoms with Crippen molar-refractivity contribution in [2.75, 3.05) is 38.0 Å². The number of amides is 2. The van der Waals surface area contributed by atoms with E-state index in [0.717, 1.165) is 51.9 Å². The molecule has 0 saturated carbocycles. The number of carbonyl (C=O) groups excluding carboxylic acids is 2. The number of nitrogens with zero attached hydrogens (tertiary/aromatic N) is 3. The van der Waals surface area contributed by atoms with Gasteiger partial charge in [0.2, 0.25) is 11.8 Å². The summed E-state index contributed by atoms with van der Waals surface area (Å²) in [5, 5.41) is 6.52. The molecule has 0 spiro atoms. The zero-order valence-corrected chi connectivity index (χ0v) is 15.7. The highest BCUT2D eigenvalue weighted by atomic mass is 16.5. The van der Waals surface area contributed by atoms with Crippen LogP contribution in [0.25, 0.3) is 0 Å². The lowest BCUT2D eigenvalue weighted by Crippen LogP contribution is -2.43. The number of anilines is 1. The predicted molar refractivity (Wildman–Crippen MR) is 98.7 cm³/mol. The lowest BCUT2D eigenvalue weighted by atomic mass is 9.95. The van der Waals surface area contributed by atoms with Crippen molar-refractivity contribution in [2.45, 2.75) is 51.9 Å². The molecule has 2 amide bonds. The first-order valence-electron chi connectivity index (χ1n) is 9.86. The van der Waals surface area contributed by atoms with Gasteiger partial charge in [0.05, 0.1) is 0 Å². The van der Waals surface area contributed by atoms with E-state index < -0.39 is 0 Å². The van der Waals surface area contributed by atoms with Gasteiger partial charge in [-0.05, 0) is 45.7 Å². The molecule has 0 atom stereocenters. The highest BCUT2D eigenvalue weighted by molar-refractivity contribution is 5.89. The summed E-state index contributed by atoms with van der Waals surface area (Å²) in [4.78, 5) is 29.1. The lowest BCUT2D eigenvalue weighted by molar-refractivity contribution is -0.137. The maximum absolute atomic E-state index is 12.7. The van der Waals surface area contributed by atoms with Crippen molar-refractivity contribution < 1.29 is 14.1 Å². The summed E-state index contributed by atoms with van der Waals surface area (Å²) in [6, 6.07) is 1.71. The third kappa shape index (κ3) is 5.30. The van der Waals surface area contributed by atoms with Gasteiger partial charge >= 0.3 is 0 Å². The first kappa shape index (κ1) is 18.9. The standard InChI is InChI=1S/C19H30N4O3/c1-15-14-17(21-26-15)20-18(24)8-13-22-11-6-16(7-12-22)19(25)23-9-4-2-3-5-10-23/h14,16H,2-13H2,1H3,(H,20,21,24). The molecular weight excluding hydrogens is 332 g/mol. The molecule has 0 unspecified atom stereocenters. The predicted octanol–water partition coefficient (Wildman–Crippen LogP) is 2.43. The lowest BCUT2D eigenvalue weighted by Gasteiger charge is -2.33. The summed E-state index contributed by atoms with van der Waals surface area (Å²) >= 11 is 0. The Morgan fingerprint density at radius 2 is 1.85 bits per heavy atom. The normalized spacial score (nSPS) is 20.0. The van der Waals surface area contributed by atoms with Crippen LogP contribution in [-0.2, 0) is 9.59 Å². The van der Waals surface area contributed by atoms with Gasteiger partial charge in [-0.15, -0.1) is 0 Å². The fraction of sp³-hybridized carbons (Fsp3) is 0.737. The van der Waals surface area contributed by atoms with E-state index >= 15 is 0 Å². The van der Waals surface area contributed by atoms with E-state index in [1.807, 2.05) is 0 Å². The Hall–Kier alpha value is -1.89. The molecule has 0 aromatic carbocycles. The van der Waals surface area contributed by atoms with Crippen LogP contribution in [0.2, 0.25) is 0 Å². The summed E-state index contributed by atoms with van der Waals surface area (Å²) < 4.78 is 4.94. The van der Waals surface area contributed by atoms with Crippen molar-refractivity contribution in [3.63, 3.8) is 0 Å². The minimum atomic E-state index is -0.0546. The Morgan fingerprint density at radius 3 is 2.46 bits per heavy atom. The Morgan fingerprint density at radius 1 is 1.15 bits per heavy atom. The minimum Gasteiger partial charge on any atom is -0.360 e. The van der Waals surface area contributed by atoms with Crippen molar-refractivity contribution in [1.29, 1.82) is 0 Å². The van der Waals surface area contributed by atoms with E-state index in [4.69, 9.17) is 4.52 Å². The zero-order chi connectivity index (χ0) is 18.4. The van der Waals surface area contributed by atoms with Crippen molar-refractivity contribution in [3.05, 3.63) is 11.8 Å². The molecule has 7 nitrogen and oxygen atoms in total. The second kappa shape index (κ2) is 9.16. The van der Waals surface area contributed by atoms with Crippen LogP contribution in [0.3, 0.4) is 0 Å². The van der Waals surface area contributed by atoms with E-state index in [2.05, 4.69) is 20.3 Å². The Bertz CT molecular complexity index is 600. The zero-order valence-electron chi connectivity index (χ0n) is 15.7. The second-order valence-corrected chi connectivity index (χ2v) is 7.48. The van der Waals surface area contributed by atoms with Crippen LogP contribution >= 0.6 is 0 Å². The van der Waals surface area contributed by atoms with Crippen molar-refractivity contribution in [3.8, 4) is 0 Å². The quantitative estimate of drug-likeness (QED) is 0.870. The number of nitrogens with one attached hydrogen (secondary N) is 1. The van der Waals surface area contributed by atoms with Gasteiger partial charge in [0.25, 0.3) is 0 Å². The number of aromatic nitrogens is 1. The van der Waals surface area contributed by atoms with E-state index in [1.165, 1.54) is 12.8 Å². The molecule has 2 fully saturated rings. The number of rotatable bonds is 5. The van der Waals surface area contributed by atoms with Gasteiger partial charge in [0, 0.05) is 38.0 Å². The SMILES string of the molecule is Cc1cc(NC(=O)CCN2CCC(C(=O)N3CCCCCC3)CC2)no1. The minimum absolute atomic E-state index is 0.0546. The number of aryl methyl sites for hydroxylation is 1. The molecule has 26 heavy (non-hydrogen) atoms. The molecule has 3 rings (SSSR count). The van der Waals surface area contributed by atoms with E-state index in [1.54, 1.807) is 13.0 Å². The smallest absolute Gasteiger partial charge is 0.226 e. The van der Waals surface area contributed by atoms with Gasteiger partial charge in [0.15, 0.2) is 5.82 Å². The summed E-state index contributed by atoms with van der Waals surface area (Å²) in [6.07, 6.45) is 7.02. The van der Waals surface area contributed by atoms with E-state index in [0.29, 0.717) is 30.5 Å². The largest absolute Gasteiger partial charge is 0.360 e. The number of hydrogen-bond donors (Lipinski definition) is 1. The van der Waals surface area contributed by atoms with Gasteiger partial charge < -0.3 is 19.6 Å². The monoisotopic (exact) mass is 362 g/mol. The fourth-order valence-electron chi connectivity index (χ4n) is 3.84. The van der Waals surface area contributed by atoms with Gasteiger partial charge in [-0.2, -0.15) is 0 Å². The molecule has 2 aliphatic heterocycles. The molecule has 1 N–H and O–H groups in total. The third-order valence-electron chi connectivity index (χ3n) is 5.41. The summed E-state index contributed by atoms with van der Waals surface area (Å²) in [5.74, 6) is 1.61. The first-order valence-corrected chi connectivity index (χ1v) is 9.86. The summed E-state index contributed by atoms with van der Waals surface area (Å²) in [7, 11) is 0. The molecule has 0 radical (unpaired) electrons. The first-order chi connectivity index (χ1) is 12.6. The fourth-order valence-corrected chi connectivity index (χ4v) is 3.84. The van der Waals surface area contributed by atoms with Crippen LogP contribution in [0.4, 0.5) is 5.82 Å². The van der Waals surface area contributed by atoms with Gasteiger partial charge in [-0.3, -0.25) is 9.59 Å². The molecule has 0 aliphatic carbocycles. The van der Waals surface area contributed by atoms with Crippen LogP contribution in [-0.4, -0.2) is 59.5 Å². The Balaban J connectivity index is 1.36. The second-order valence-electron chi connectivity index (χ2n) is 7.48. The van der Waals surface area contributed by atoms with Gasteiger partial charge in [-0.1, -0.05) is 18.0 Å². The summed E-state index contributed by atoms with van der Waals surface area (Å²) in [5.41, 5.74) is 0. The Kier molecular flexibility index (Phi) is 6.66. The molecule has 144 valence electrons. The molecule has 3 heterocycles. The van der Waals surface area contributed by atoms with Crippen molar-refractivity contribution in [1.82, 2.24) is 15.0 Å². The molecule has 0 bridgehead atoms. The van der Waals surface area contributed by atoms with Crippen LogP contribution < -0.4 is 5.32 Å². The number of carbonyl (C=O) groups is 2. The van der Waals surface area contributed by atoms with Crippen molar-refractivity contribution >= 4 is 17.6 Å². The maximum Gasteiger partial charge on any atom is 0.226 e. The van der Waals surface area contributed by atoms with Gasteiger partial charge in [-0.25, -0.2) is 0 Å². The van der Waals surface area contributed by atoms with Crippen molar-refractivity contribution in [2.24, 2.45) is 5.92 Å². The number of likely N-dealkylation sites (tertiary alicyclic amines) is 2. The van der Waals surface area contributed by atoms with Gasteiger partial charge in [0.1, 0.15) is 5.76 Å². The number of hydrogen-bond acceptors (Lipinski definition) is 5. The van der Waals surface area contributed by atoms with Crippen LogP contribution in [0, 0.1) is 12.8 Å². The topological polar surface area (TPSA) is 78.7 Å². The van der Waals surface area contributed by atoms with Crippen LogP contribution in [0.5, 0.6) is 0 Å². The van der Waals surface area contributed by atoms with E-state index in [-0.39, 0.29) is 11.8 Å². The highest BCUT2D eigenvalue weighted by Crippen LogP contribution is 2.22. The Labute approximate surface area is 155 Å².